The average Bonchev–Trinajstić information content (AvgIpc) is 2.95. The number of hydrogen-bond acceptors (Lipinski definition) is 4. The standard InChI is InChI=1S/C17H24N2O2/c1-5-16-14(11-21-19-16)10-18-17(12(2)3)13-6-8-15(20-4)9-7-13/h6-9,11-12,17-18H,5,10H2,1-4H3/t17-/m1/s1. The van der Waals surface area contributed by atoms with Gasteiger partial charge in [-0.15, -0.1) is 0 Å². The van der Waals surface area contributed by atoms with E-state index in [-0.39, 0.29) is 6.04 Å². The van der Waals surface area contributed by atoms with Gasteiger partial charge >= 0.3 is 0 Å². The molecule has 21 heavy (non-hydrogen) atoms. The van der Waals surface area contributed by atoms with Crippen LogP contribution in [0.1, 0.15) is 43.6 Å². The van der Waals surface area contributed by atoms with E-state index in [1.54, 1.807) is 13.4 Å². The van der Waals surface area contributed by atoms with Crippen LogP contribution in [0.4, 0.5) is 0 Å². The van der Waals surface area contributed by atoms with Crippen molar-refractivity contribution in [1.29, 1.82) is 0 Å². The molecule has 0 amide bonds. The minimum Gasteiger partial charge on any atom is -0.497 e. The first kappa shape index (κ1) is 15.6. The van der Waals surface area contributed by atoms with Crippen LogP contribution in [0, 0.1) is 5.92 Å². The van der Waals surface area contributed by atoms with Crippen molar-refractivity contribution in [3.8, 4) is 5.75 Å². The highest BCUT2D eigenvalue weighted by molar-refractivity contribution is 5.29. The third-order valence-corrected chi connectivity index (χ3v) is 3.72. The normalized spacial score (nSPS) is 12.6. The largest absolute Gasteiger partial charge is 0.497 e. The van der Waals surface area contributed by atoms with Crippen molar-refractivity contribution in [1.82, 2.24) is 10.5 Å². The minimum absolute atomic E-state index is 0.288. The number of methoxy groups -OCH3 is 1. The first-order valence-electron chi connectivity index (χ1n) is 7.45. The van der Waals surface area contributed by atoms with Crippen LogP contribution in [0.2, 0.25) is 0 Å². The summed E-state index contributed by atoms with van der Waals surface area (Å²) in [5.74, 6) is 1.37. The van der Waals surface area contributed by atoms with Crippen LogP contribution < -0.4 is 10.1 Å². The van der Waals surface area contributed by atoms with E-state index < -0.39 is 0 Å². The Balaban J connectivity index is 2.08. The molecule has 0 bridgehead atoms. The Morgan fingerprint density at radius 2 is 1.95 bits per heavy atom. The summed E-state index contributed by atoms with van der Waals surface area (Å²) >= 11 is 0. The van der Waals surface area contributed by atoms with Gasteiger partial charge in [-0.1, -0.05) is 38.1 Å². The van der Waals surface area contributed by atoms with E-state index in [9.17, 15) is 0 Å². The Morgan fingerprint density at radius 1 is 1.24 bits per heavy atom. The van der Waals surface area contributed by atoms with Gasteiger partial charge in [0, 0.05) is 18.2 Å². The minimum atomic E-state index is 0.288. The predicted molar refractivity (Wildman–Crippen MR) is 83.3 cm³/mol. The molecule has 0 radical (unpaired) electrons. The number of aromatic nitrogens is 1. The Bertz CT molecular complexity index is 546. The zero-order chi connectivity index (χ0) is 15.2. The van der Waals surface area contributed by atoms with E-state index in [4.69, 9.17) is 9.26 Å². The lowest BCUT2D eigenvalue weighted by molar-refractivity contribution is 0.400. The van der Waals surface area contributed by atoms with Gasteiger partial charge in [0.15, 0.2) is 0 Å². The summed E-state index contributed by atoms with van der Waals surface area (Å²) in [7, 11) is 1.69. The molecule has 0 aliphatic carbocycles. The van der Waals surface area contributed by atoms with Gasteiger partial charge in [-0.3, -0.25) is 0 Å². The third-order valence-electron chi connectivity index (χ3n) is 3.72. The zero-order valence-corrected chi connectivity index (χ0v) is 13.2. The van der Waals surface area contributed by atoms with Crippen molar-refractivity contribution in [3.05, 3.63) is 47.3 Å². The highest BCUT2D eigenvalue weighted by Gasteiger charge is 2.16. The SMILES string of the molecule is CCc1nocc1CN[C@@H](c1ccc(OC)cc1)C(C)C. The molecular weight excluding hydrogens is 264 g/mol. The Morgan fingerprint density at radius 3 is 2.52 bits per heavy atom. The number of ether oxygens (including phenoxy) is 1. The maximum absolute atomic E-state index is 5.22. The van der Waals surface area contributed by atoms with Crippen molar-refractivity contribution in [3.63, 3.8) is 0 Å². The molecule has 4 nitrogen and oxygen atoms in total. The van der Waals surface area contributed by atoms with E-state index >= 15 is 0 Å². The highest BCUT2D eigenvalue weighted by Crippen LogP contribution is 2.24. The number of nitrogens with zero attached hydrogens (tertiary/aromatic N) is 1. The Hall–Kier alpha value is -1.81. The second kappa shape index (κ2) is 7.27. The highest BCUT2D eigenvalue weighted by atomic mass is 16.5. The number of nitrogens with one attached hydrogen (secondary N) is 1. The van der Waals surface area contributed by atoms with Gasteiger partial charge in [0.25, 0.3) is 0 Å². The van der Waals surface area contributed by atoms with E-state index in [0.717, 1.165) is 30.0 Å². The summed E-state index contributed by atoms with van der Waals surface area (Å²) in [5, 5.41) is 7.63. The molecule has 4 heteroatoms. The van der Waals surface area contributed by atoms with Crippen LogP contribution in [0.25, 0.3) is 0 Å². The average molecular weight is 288 g/mol. The van der Waals surface area contributed by atoms with Crippen LogP contribution in [-0.2, 0) is 13.0 Å². The summed E-state index contributed by atoms with van der Waals surface area (Å²) in [6.45, 7) is 7.29. The summed E-state index contributed by atoms with van der Waals surface area (Å²) in [6, 6.07) is 8.53. The van der Waals surface area contributed by atoms with Gasteiger partial charge in [-0.25, -0.2) is 0 Å². The molecule has 2 rings (SSSR count). The second-order valence-electron chi connectivity index (χ2n) is 5.52. The van der Waals surface area contributed by atoms with Gasteiger partial charge in [-0.2, -0.15) is 0 Å². The monoisotopic (exact) mass is 288 g/mol. The molecule has 1 atom stereocenters. The molecule has 0 saturated heterocycles. The van der Waals surface area contributed by atoms with Crippen molar-refractivity contribution in [2.24, 2.45) is 5.92 Å². The first-order chi connectivity index (χ1) is 10.2. The molecule has 114 valence electrons. The molecule has 0 spiro atoms. The molecule has 1 aromatic heterocycles. The smallest absolute Gasteiger partial charge is 0.128 e. The summed E-state index contributed by atoms with van der Waals surface area (Å²) < 4.78 is 10.3. The number of benzene rings is 1. The van der Waals surface area contributed by atoms with Crippen LogP contribution in [-0.4, -0.2) is 12.3 Å². The lowest BCUT2D eigenvalue weighted by Gasteiger charge is -2.23. The summed E-state index contributed by atoms with van der Waals surface area (Å²) in [4.78, 5) is 0. The van der Waals surface area contributed by atoms with Crippen molar-refractivity contribution in [2.75, 3.05) is 7.11 Å². The first-order valence-corrected chi connectivity index (χ1v) is 7.45. The molecule has 1 heterocycles. The predicted octanol–water partition coefficient (Wildman–Crippen LogP) is 3.73. The zero-order valence-electron chi connectivity index (χ0n) is 13.2. The van der Waals surface area contributed by atoms with Gasteiger partial charge < -0.3 is 14.6 Å². The van der Waals surface area contributed by atoms with Crippen molar-refractivity contribution in [2.45, 2.75) is 39.8 Å². The number of rotatable bonds is 7. The second-order valence-corrected chi connectivity index (χ2v) is 5.52. The molecule has 1 aromatic carbocycles. The Labute approximate surface area is 126 Å². The quantitative estimate of drug-likeness (QED) is 0.843. The van der Waals surface area contributed by atoms with Crippen LogP contribution >= 0.6 is 0 Å². The maximum Gasteiger partial charge on any atom is 0.128 e. The van der Waals surface area contributed by atoms with E-state index in [1.165, 1.54) is 5.56 Å². The van der Waals surface area contributed by atoms with Crippen molar-refractivity contribution >= 4 is 0 Å². The Kier molecular flexibility index (Phi) is 5.39. The molecule has 0 aliphatic heterocycles. The van der Waals surface area contributed by atoms with Gasteiger partial charge in [0.2, 0.25) is 0 Å². The van der Waals surface area contributed by atoms with Gasteiger partial charge in [-0.05, 0) is 30.0 Å². The van der Waals surface area contributed by atoms with Crippen LogP contribution in [0.5, 0.6) is 5.75 Å². The van der Waals surface area contributed by atoms with Gasteiger partial charge in [0.05, 0.1) is 12.8 Å². The van der Waals surface area contributed by atoms with Gasteiger partial charge in [0.1, 0.15) is 12.0 Å². The fourth-order valence-corrected chi connectivity index (χ4v) is 2.49. The molecule has 1 N–H and O–H groups in total. The fourth-order valence-electron chi connectivity index (χ4n) is 2.49. The van der Waals surface area contributed by atoms with E-state index in [0.29, 0.717) is 5.92 Å². The molecule has 0 fully saturated rings. The van der Waals surface area contributed by atoms with Crippen LogP contribution in [0.15, 0.2) is 35.1 Å². The number of aryl methyl sites for hydroxylation is 1. The molecule has 0 aliphatic rings. The molecule has 2 aromatic rings. The lowest BCUT2D eigenvalue weighted by atomic mass is 9.95. The summed E-state index contributed by atoms with van der Waals surface area (Å²) in [5.41, 5.74) is 3.43. The maximum atomic E-state index is 5.22. The lowest BCUT2D eigenvalue weighted by Crippen LogP contribution is -2.25. The van der Waals surface area contributed by atoms with Crippen molar-refractivity contribution < 1.29 is 9.26 Å². The molecular formula is C17H24N2O2. The number of hydrogen-bond donors (Lipinski definition) is 1. The fraction of sp³-hybridized carbons (Fsp3) is 0.471. The molecule has 0 unspecified atom stereocenters. The van der Waals surface area contributed by atoms with E-state index in [1.807, 2.05) is 12.1 Å². The summed E-state index contributed by atoms with van der Waals surface area (Å²) in [6.07, 6.45) is 2.62. The third kappa shape index (κ3) is 3.85. The van der Waals surface area contributed by atoms with Crippen LogP contribution in [0.3, 0.4) is 0 Å². The molecule has 0 saturated carbocycles. The van der Waals surface area contributed by atoms with E-state index in [2.05, 4.69) is 43.4 Å². The topological polar surface area (TPSA) is 47.3 Å².